The Balaban J connectivity index is 1.88. The molecule has 0 aliphatic heterocycles. The van der Waals surface area contributed by atoms with Crippen LogP contribution < -0.4 is 19.6 Å². The standard InChI is InChI=1S/C24H19ClO5/c1-27-20-10-8-16(12-21(20)28-2)23-24(29-14-15-6-4-3-5-7-15)22(26)18-13-17(25)9-11-19(18)30-23/h3-13H,14H2,1-2H3. The molecule has 0 aliphatic carbocycles. The topological polar surface area (TPSA) is 57.9 Å². The molecular formula is C24H19ClO5. The highest BCUT2D eigenvalue weighted by Crippen LogP contribution is 2.37. The summed E-state index contributed by atoms with van der Waals surface area (Å²) in [6, 6.07) is 19.8. The average molecular weight is 423 g/mol. The van der Waals surface area contributed by atoms with Gasteiger partial charge in [-0.1, -0.05) is 41.9 Å². The normalized spacial score (nSPS) is 10.8. The maximum absolute atomic E-state index is 13.3. The molecule has 0 aliphatic rings. The summed E-state index contributed by atoms with van der Waals surface area (Å²) in [6.07, 6.45) is 0. The van der Waals surface area contributed by atoms with E-state index in [1.165, 1.54) is 0 Å². The molecule has 1 aromatic heterocycles. The van der Waals surface area contributed by atoms with Gasteiger partial charge in [-0.3, -0.25) is 4.79 Å². The molecule has 6 heteroatoms. The monoisotopic (exact) mass is 422 g/mol. The molecule has 3 aromatic carbocycles. The molecule has 0 bridgehead atoms. The van der Waals surface area contributed by atoms with Crippen LogP contribution in [-0.2, 0) is 6.61 Å². The molecular weight excluding hydrogens is 404 g/mol. The Labute approximate surface area is 178 Å². The lowest BCUT2D eigenvalue weighted by molar-refractivity contribution is 0.298. The zero-order chi connectivity index (χ0) is 21.1. The predicted octanol–water partition coefficient (Wildman–Crippen LogP) is 5.71. The molecule has 0 saturated carbocycles. The zero-order valence-electron chi connectivity index (χ0n) is 16.5. The number of fused-ring (bicyclic) bond motifs is 1. The van der Waals surface area contributed by atoms with Gasteiger partial charge in [-0.05, 0) is 42.0 Å². The van der Waals surface area contributed by atoms with E-state index in [9.17, 15) is 4.79 Å². The van der Waals surface area contributed by atoms with Gasteiger partial charge in [0.05, 0.1) is 19.6 Å². The molecule has 0 atom stereocenters. The van der Waals surface area contributed by atoms with Gasteiger partial charge in [0.25, 0.3) is 0 Å². The fraction of sp³-hybridized carbons (Fsp3) is 0.125. The van der Waals surface area contributed by atoms with Crippen LogP contribution in [0, 0.1) is 0 Å². The van der Waals surface area contributed by atoms with Crippen LogP contribution in [0.3, 0.4) is 0 Å². The summed E-state index contributed by atoms with van der Waals surface area (Å²) in [5, 5.41) is 0.803. The summed E-state index contributed by atoms with van der Waals surface area (Å²) in [7, 11) is 3.11. The highest BCUT2D eigenvalue weighted by molar-refractivity contribution is 6.31. The summed E-state index contributed by atoms with van der Waals surface area (Å²) < 4.78 is 22.8. The Morgan fingerprint density at radius 2 is 1.67 bits per heavy atom. The van der Waals surface area contributed by atoms with Crippen molar-refractivity contribution in [2.24, 2.45) is 0 Å². The third-order valence-electron chi connectivity index (χ3n) is 4.68. The molecule has 0 radical (unpaired) electrons. The molecule has 0 amide bonds. The number of ether oxygens (including phenoxy) is 3. The van der Waals surface area contributed by atoms with Gasteiger partial charge in [0.2, 0.25) is 11.2 Å². The maximum atomic E-state index is 13.3. The number of rotatable bonds is 6. The number of hydrogen-bond acceptors (Lipinski definition) is 5. The van der Waals surface area contributed by atoms with Gasteiger partial charge in [-0.2, -0.15) is 0 Å². The van der Waals surface area contributed by atoms with Crippen LogP contribution in [-0.4, -0.2) is 14.2 Å². The van der Waals surface area contributed by atoms with Crippen molar-refractivity contribution in [1.82, 2.24) is 0 Å². The summed E-state index contributed by atoms with van der Waals surface area (Å²) in [6.45, 7) is 0.220. The molecule has 30 heavy (non-hydrogen) atoms. The van der Waals surface area contributed by atoms with Crippen molar-refractivity contribution in [3.05, 3.63) is 87.5 Å². The molecule has 5 nitrogen and oxygen atoms in total. The third-order valence-corrected chi connectivity index (χ3v) is 4.92. The van der Waals surface area contributed by atoms with E-state index in [1.807, 2.05) is 30.3 Å². The van der Waals surface area contributed by atoms with Crippen LogP contribution in [0.1, 0.15) is 5.56 Å². The van der Waals surface area contributed by atoms with Crippen molar-refractivity contribution < 1.29 is 18.6 Å². The van der Waals surface area contributed by atoms with Crippen LogP contribution in [0.5, 0.6) is 17.2 Å². The van der Waals surface area contributed by atoms with Gasteiger partial charge in [-0.25, -0.2) is 0 Å². The van der Waals surface area contributed by atoms with Crippen molar-refractivity contribution in [1.29, 1.82) is 0 Å². The van der Waals surface area contributed by atoms with E-state index >= 15 is 0 Å². The minimum atomic E-state index is -0.292. The number of hydrogen-bond donors (Lipinski definition) is 0. The van der Waals surface area contributed by atoms with Crippen molar-refractivity contribution in [2.75, 3.05) is 14.2 Å². The zero-order valence-corrected chi connectivity index (χ0v) is 17.2. The van der Waals surface area contributed by atoms with Crippen LogP contribution >= 0.6 is 11.6 Å². The van der Waals surface area contributed by atoms with Gasteiger partial charge in [0.1, 0.15) is 12.2 Å². The number of benzene rings is 3. The van der Waals surface area contributed by atoms with Crippen LogP contribution in [0.25, 0.3) is 22.3 Å². The summed E-state index contributed by atoms with van der Waals surface area (Å²) in [5.41, 5.74) is 1.69. The highest BCUT2D eigenvalue weighted by Gasteiger charge is 2.20. The molecule has 0 spiro atoms. The first-order valence-corrected chi connectivity index (χ1v) is 9.64. The molecule has 152 valence electrons. The van der Waals surface area contributed by atoms with Crippen molar-refractivity contribution >= 4 is 22.6 Å². The Morgan fingerprint density at radius 1 is 0.900 bits per heavy atom. The quantitative estimate of drug-likeness (QED) is 0.398. The Hall–Kier alpha value is -3.44. The third kappa shape index (κ3) is 3.84. The molecule has 0 unspecified atom stereocenters. The number of methoxy groups -OCH3 is 2. The van der Waals surface area contributed by atoms with Crippen LogP contribution in [0.4, 0.5) is 0 Å². The lowest BCUT2D eigenvalue weighted by atomic mass is 10.1. The minimum absolute atomic E-state index is 0.112. The van der Waals surface area contributed by atoms with Gasteiger partial charge >= 0.3 is 0 Å². The molecule has 4 rings (SSSR count). The van der Waals surface area contributed by atoms with Crippen molar-refractivity contribution in [3.63, 3.8) is 0 Å². The van der Waals surface area contributed by atoms with Gasteiger partial charge in [-0.15, -0.1) is 0 Å². The van der Waals surface area contributed by atoms with Crippen LogP contribution in [0.2, 0.25) is 5.02 Å². The summed E-state index contributed by atoms with van der Waals surface area (Å²) in [4.78, 5) is 13.3. The van der Waals surface area contributed by atoms with Gasteiger partial charge in [0, 0.05) is 10.6 Å². The fourth-order valence-corrected chi connectivity index (χ4v) is 3.35. The van der Waals surface area contributed by atoms with E-state index < -0.39 is 0 Å². The Morgan fingerprint density at radius 3 is 2.40 bits per heavy atom. The summed E-state index contributed by atoms with van der Waals surface area (Å²) in [5.74, 6) is 1.51. The van der Waals surface area contributed by atoms with E-state index in [1.54, 1.807) is 50.6 Å². The predicted molar refractivity (Wildman–Crippen MR) is 117 cm³/mol. The van der Waals surface area contributed by atoms with E-state index in [2.05, 4.69) is 0 Å². The summed E-state index contributed by atoms with van der Waals surface area (Å²) >= 11 is 6.09. The van der Waals surface area contributed by atoms with Gasteiger partial charge in [0.15, 0.2) is 17.3 Å². The molecule has 0 saturated heterocycles. The second-order valence-electron chi connectivity index (χ2n) is 6.57. The maximum Gasteiger partial charge on any atom is 0.235 e. The van der Waals surface area contributed by atoms with Gasteiger partial charge < -0.3 is 18.6 Å². The van der Waals surface area contributed by atoms with E-state index in [-0.39, 0.29) is 17.8 Å². The lowest BCUT2D eigenvalue weighted by Gasteiger charge is -2.14. The first-order chi connectivity index (χ1) is 14.6. The fourth-order valence-electron chi connectivity index (χ4n) is 3.18. The Bertz CT molecular complexity index is 1250. The first kappa shape index (κ1) is 19.9. The average Bonchev–Trinajstić information content (AvgIpc) is 2.79. The first-order valence-electron chi connectivity index (χ1n) is 9.26. The van der Waals surface area contributed by atoms with Crippen molar-refractivity contribution in [2.45, 2.75) is 6.61 Å². The Kier molecular flexibility index (Phi) is 5.63. The minimum Gasteiger partial charge on any atom is -0.493 e. The van der Waals surface area contributed by atoms with Crippen molar-refractivity contribution in [3.8, 4) is 28.6 Å². The smallest absolute Gasteiger partial charge is 0.235 e. The van der Waals surface area contributed by atoms with E-state index in [0.29, 0.717) is 38.8 Å². The highest BCUT2D eigenvalue weighted by atomic mass is 35.5. The molecule has 1 heterocycles. The largest absolute Gasteiger partial charge is 0.493 e. The lowest BCUT2D eigenvalue weighted by Crippen LogP contribution is -2.10. The SMILES string of the molecule is COc1ccc(-c2oc3ccc(Cl)cc3c(=O)c2OCc2ccccc2)cc1OC. The van der Waals surface area contributed by atoms with E-state index in [4.69, 9.17) is 30.2 Å². The molecule has 0 N–H and O–H groups in total. The molecule has 4 aromatic rings. The molecule has 0 fully saturated rings. The number of halogens is 1. The second-order valence-corrected chi connectivity index (χ2v) is 7.01. The second kappa shape index (κ2) is 8.51. The van der Waals surface area contributed by atoms with E-state index in [0.717, 1.165) is 5.56 Å². The van der Waals surface area contributed by atoms with Crippen LogP contribution in [0.15, 0.2) is 75.9 Å².